The zero-order valence-electron chi connectivity index (χ0n) is 18.8. The van der Waals surface area contributed by atoms with E-state index < -0.39 is 0 Å². The molecule has 2 amide bonds. The highest BCUT2D eigenvalue weighted by Crippen LogP contribution is 2.36. The van der Waals surface area contributed by atoms with E-state index in [9.17, 15) is 14.7 Å². The number of aromatic nitrogens is 3. The average Bonchev–Trinajstić information content (AvgIpc) is 3.45. The minimum absolute atomic E-state index is 0.0746. The molecular formula is C23H31N5O5. The van der Waals surface area contributed by atoms with Crippen LogP contribution in [0.2, 0.25) is 0 Å². The fraction of sp³-hybridized carbons (Fsp3) is 0.565. The highest BCUT2D eigenvalue weighted by Gasteiger charge is 2.31. The Kier molecular flexibility index (Phi) is 7.43. The Morgan fingerprint density at radius 2 is 2.00 bits per heavy atom. The second kappa shape index (κ2) is 10.7. The number of hydrogen-bond donors (Lipinski definition) is 4. The predicted octanol–water partition coefficient (Wildman–Crippen LogP) is 2.66. The molecule has 2 aromatic rings. The van der Waals surface area contributed by atoms with Crippen LogP contribution in [0.15, 0.2) is 24.4 Å². The zero-order valence-corrected chi connectivity index (χ0v) is 18.8. The molecule has 2 fully saturated rings. The molecule has 0 aliphatic heterocycles. The number of anilines is 1. The second-order valence-corrected chi connectivity index (χ2v) is 8.83. The third kappa shape index (κ3) is 6.44. The third-order valence-corrected chi connectivity index (χ3v) is 6.35. The number of methoxy groups -OCH3 is 1. The molecule has 0 unspecified atom stereocenters. The maximum absolute atomic E-state index is 12.3. The van der Waals surface area contributed by atoms with E-state index in [4.69, 9.17) is 9.47 Å². The summed E-state index contributed by atoms with van der Waals surface area (Å²) in [6, 6.07) is 5.43. The summed E-state index contributed by atoms with van der Waals surface area (Å²) in [4.78, 5) is 28.7. The highest BCUT2D eigenvalue weighted by atomic mass is 16.6. The number of nitrogens with zero attached hydrogens (tertiary/aromatic N) is 2. The van der Waals surface area contributed by atoms with Crippen molar-refractivity contribution in [1.29, 1.82) is 0 Å². The normalized spacial score (nSPS) is 24.8. The summed E-state index contributed by atoms with van der Waals surface area (Å²) in [6.07, 6.45) is 6.38. The number of pyridine rings is 1. The molecule has 2 aliphatic carbocycles. The van der Waals surface area contributed by atoms with Gasteiger partial charge in [0, 0.05) is 36.0 Å². The molecule has 2 saturated carbocycles. The van der Waals surface area contributed by atoms with Gasteiger partial charge in [-0.1, -0.05) is 6.07 Å². The molecule has 33 heavy (non-hydrogen) atoms. The van der Waals surface area contributed by atoms with Crippen molar-refractivity contribution in [3.63, 3.8) is 0 Å². The molecule has 4 rings (SSSR count). The maximum Gasteiger partial charge on any atom is 0.407 e. The SMILES string of the molecule is COc1ccc(CC(=O)Nc2cc([C@@H]3CC[C@H](OC(=O)N[C@H]4CC[C@@H](O)CC4)C3)[nH]n2)cn1. The summed E-state index contributed by atoms with van der Waals surface area (Å²) in [5.41, 5.74) is 1.70. The number of ether oxygens (including phenoxy) is 2. The standard InChI is InChI=1S/C23H31N5O5/c1-32-22-9-2-14(13-24-22)10-21(30)26-20-12-19(27-28-20)15-3-8-18(11-15)33-23(31)25-16-4-6-17(29)7-5-16/h2,9,12-13,15-18,29H,3-8,10-11H2,1H3,(H,25,31)(H2,26,27,28,30)/t15-,16-,17+,18+/m1/s1. The Labute approximate surface area is 192 Å². The van der Waals surface area contributed by atoms with Gasteiger partial charge in [0.15, 0.2) is 5.82 Å². The Morgan fingerprint density at radius 3 is 2.73 bits per heavy atom. The summed E-state index contributed by atoms with van der Waals surface area (Å²) in [5, 5.41) is 22.5. The smallest absolute Gasteiger partial charge is 0.407 e. The predicted molar refractivity (Wildman–Crippen MR) is 120 cm³/mol. The summed E-state index contributed by atoms with van der Waals surface area (Å²) in [5.74, 6) is 0.982. The molecule has 4 N–H and O–H groups in total. The van der Waals surface area contributed by atoms with Gasteiger partial charge in [-0.15, -0.1) is 0 Å². The van der Waals surface area contributed by atoms with Crippen molar-refractivity contribution in [2.45, 2.75) is 75.5 Å². The molecule has 10 heteroatoms. The van der Waals surface area contributed by atoms with Gasteiger partial charge < -0.3 is 25.2 Å². The van der Waals surface area contributed by atoms with Crippen LogP contribution >= 0.6 is 0 Å². The lowest BCUT2D eigenvalue weighted by Gasteiger charge is -2.26. The molecule has 2 heterocycles. The number of amides is 2. The first-order chi connectivity index (χ1) is 16.0. The Morgan fingerprint density at radius 1 is 1.18 bits per heavy atom. The number of rotatable bonds is 7. The summed E-state index contributed by atoms with van der Waals surface area (Å²) < 4.78 is 10.6. The average molecular weight is 458 g/mol. The van der Waals surface area contributed by atoms with Gasteiger partial charge in [0.2, 0.25) is 11.8 Å². The van der Waals surface area contributed by atoms with E-state index in [-0.39, 0.29) is 42.6 Å². The number of hydrogen-bond acceptors (Lipinski definition) is 7. The maximum atomic E-state index is 12.3. The van der Waals surface area contributed by atoms with E-state index in [0.717, 1.165) is 36.9 Å². The Bertz CT molecular complexity index is 939. The molecule has 0 saturated heterocycles. The molecule has 0 bridgehead atoms. The van der Waals surface area contributed by atoms with Crippen molar-refractivity contribution in [3.05, 3.63) is 35.7 Å². The van der Waals surface area contributed by atoms with E-state index in [2.05, 4.69) is 25.8 Å². The molecule has 2 aromatic heterocycles. The van der Waals surface area contributed by atoms with Crippen LogP contribution in [0.3, 0.4) is 0 Å². The zero-order chi connectivity index (χ0) is 23.2. The van der Waals surface area contributed by atoms with Crippen molar-refractivity contribution in [2.24, 2.45) is 0 Å². The van der Waals surface area contributed by atoms with Gasteiger partial charge in [-0.3, -0.25) is 9.89 Å². The van der Waals surface area contributed by atoms with Crippen LogP contribution in [0, 0.1) is 0 Å². The van der Waals surface area contributed by atoms with Gasteiger partial charge >= 0.3 is 6.09 Å². The quantitative estimate of drug-likeness (QED) is 0.501. The lowest BCUT2D eigenvalue weighted by atomic mass is 9.93. The molecule has 2 aliphatic rings. The van der Waals surface area contributed by atoms with Crippen LogP contribution in [-0.4, -0.2) is 57.6 Å². The molecule has 2 atom stereocenters. The van der Waals surface area contributed by atoms with Crippen molar-refractivity contribution in [3.8, 4) is 5.88 Å². The first-order valence-electron chi connectivity index (χ1n) is 11.5. The first-order valence-corrected chi connectivity index (χ1v) is 11.5. The molecule has 10 nitrogen and oxygen atoms in total. The molecular weight excluding hydrogens is 426 g/mol. The third-order valence-electron chi connectivity index (χ3n) is 6.35. The minimum Gasteiger partial charge on any atom is -0.481 e. The lowest BCUT2D eigenvalue weighted by Crippen LogP contribution is -2.40. The highest BCUT2D eigenvalue weighted by molar-refractivity contribution is 5.91. The Balaban J connectivity index is 1.21. The number of H-pyrrole nitrogens is 1. The van der Waals surface area contributed by atoms with E-state index in [1.165, 1.54) is 0 Å². The van der Waals surface area contributed by atoms with E-state index in [1.54, 1.807) is 25.4 Å². The number of alkyl carbamates (subject to hydrolysis) is 1. The van der Waals surface area contributed by atoms with Gasteiger partial charge in [0.25, 0.3) is 0 Å². The van der Waals surface area contributed by atoms with Crippen LogP contribution in [0.4, 0.5) is 10.6 Å². The van der Waals surface area contributed by atoms with Gasteiger partial charge in [0.1, 0.15) is 6.10 Å². The van der Waals surface area contributed by atoms with Gasteiger partial charge in [-0.05, 0) is 50.5 Å². The van der Waals surface area contributed by atoms with E-state index >= 15 is 0 Å². The van der Waals surface area contributed by atoms with Crippen molar-refractivity contribution >= 4 is 17.8 Å². The van der Waals surface area contributed by atoms with Crippen LogP contribution in [0.1, 0.15) is 62.1 Å². The van der Waals surface area contributed by atoms with Crippen molar-refractivity contribution in [1.82, 2.24) is 20.5 Å². The monoisotopic (exact) mass is 457 g/mol. The Hall–Kier alpha value is -3.14. The van der Waals surface area contributed by atoms with Crippen LogP contribution in [0.5, 0.6) is 5.88 Å². The van der Waals surface area contributed by atoms with E-state index in [1.807, 2.05) is 6.07 Å². The van der Waals surface area contributed by atoms with Crippen LogP contribution in [0.25, 0.3) is 0 Å². The van der Waals surface area contributed by atoms with Gasteiger partial charge in [-0.25, -0.2) is 9.78 Å². The van der Waals surface area contributed by atoms with Crippen molar-refractivity contribution in [2.75, 3.05) is 12.4 Å². The second-order valence-electron chi connectivity index (χ2n) is 8.83. The number of aliphatic hydroxyl groups is 1. The largest absolute Gasteiger partial charge is 0.481 e. The fourth-order valence-corrected chi connectivity index (χ4v) is 4.52. The molecule has 178 valence electrons. The molecule has 0 radical (unpaired) electrons. The first kappa shape index (κ1) is 23.0. The summed E-state index contributed by atoms with van der Waals surface area (Å²) >= 11 is 0. The van der Waals surface area contributed by atoms with E-state index in [0.29, 0.717) is 31.0 Å². The summed E-state index contributed by atoms with van der Waals surface area (Å²) in [6.45, 7) is 0. The fourth-order valence-electron chi connectivity index (χ4n) is 4.52. The lowest BCUT2D eigenvalue weighted by molar-refractivity contribution is -0.115. The number of aromatic amines is 1. The molecule has 0 aromatic carbocycles. The van der Waals surface area contributed by atoms with Crippen LogP contribution < -0.4 is 15.4 Å². The number of carbonyl (C=O) groups is 2. The molecule has 0 spiro atoms. The number of nitrogens with one attached hydrogen (secondary N) is 3. The van der Waals surface area contributed by atoms with Gasteiger partial charge in [0.05, 0.1) is 19.6 Å². The topological polar surface area (TPSA) is 138 Å². The number of carbonyl (C=O) groups excluding carboxylic acids is 2. The summed E-state index contributed by atoms with van der Waals surface area (Å²) in [7, 11) is 1.54. The van der Waals surface area contributed by atoms with Crippen LogP contribution in [-0.2, 0) is 16.0 Å². The van der Waals surface area contributed by atoms with Crippen molar-refractivity contribution < 1.29 is 24.2 Å². The minimum atomic E-state index is -0.382. The number of aliphatic hydroxyl groups excluding tert-OH is 1. The van der Waals surface area contributed by atoms with Gasteiger partial charge in [-0.2, -0.15) is 5.10 Å².